The van der Waals surface area contributed by atoms with Crippen LogP contribution in [0.1, 0.15) is 51.4 Å². The van der Waals surface area contributed by atoms with Crippen molar-refractivity contribution in [2.75, 3.05) is 0 Å². The molecule has 0 amide bonds. The molecular formula is C35H34Cl2F4N4O4. The van der Waals surface area contributed by atoms with E-state index < -0.39 is 40.1 Å². The molecule has 4 heterocycles. The number of rotatable bonds is 7. The van der Waals surface area contributed by atoms with E-state index in [1.165, 1.54) is 15.4 Å². The quantitative estimate of drug-likeness (QED) is 0.199. The molecule has 2 aromatic carbocycles. The van der Waals surface area contributed by atoms with Crippen molar-refractivity contribution in [2.24, 2.45) is 23.7 Å². The Balaban J connectivity index is 0.916. The number of hydrogen-bond donors (Lipinski definition) is 1. The van der Waals surface area contributed by atoms with Crippen molar-refractivity contribution >= 4 is 23.2 Å². The van der Waals surface area contributed by atoms with E-state index in [-0.39, 0.29) is 50.3 Å². The minimum Gasteiger partial charge on any atom is -0.505 e. The molecule has 8 nitrogen and oxygen atoms in total. The molecule has 4 aromatic rings. The summed E-state index contributed by atoms with van der Waals surface area (Å²) in [6.45, 7) is 1.93. The molecule has 2 aromatic heterocycles. The Bertz CT molecular complexity index is 2110. The van der Waals surface area contributed by atoms with Crippen molar-refractivity contribution in [1.82, 2.24) is 18.7 Å². The van der Waals surface area contributed by atoms with Gasteiger partial charge in [-0.3, -0.25) is 19.0 Å². The van der Waals surface area contributed by atoms with Gasteiger partial charge in [-0.15, -0.1) is 0 Å². The first-order valence-corrected chi connectivity index (χ1v) is 17.6. The summed E-state index contributed by atoms with van der Waals surface area (Å²) in [5.74, 6) is -3.09. The Kier molecular flexibility index (Phi) is 8.17. The summed E-state index contributed by atoms with van der Waals surface area (Å²) in [5, 5.41) is 9.99. The monoisotopic (exact) mass is 720 g/mol. The number of phenolic OH excluding ortho intramolecular Hbond substituents is 1. The van der Waals surface area contributed by atoms with Crippen LogP contribution in [-0.2, 0) is 26.2 Å². The maximum absolute atomic E-state index is 15.0. The molecule has 0 radical (unpaired) electrons. The van der Waals surface area contributed by atoms with Crippen molar-refractivity contribution in [3.63, 3.8) is 0 Å². The molecule has 2 fully saturated rings. The average Bonchev–Trinajstić information content (AvgIpc) is 3.48. The second-order valence-corrected chi connectivity index (χ2v) is 14.7. The summed E-state index contributed by atoms with van der Waals surface area (Å²) in [4.78, 5) is 26.5. The molecule has 0 spiro atoms. The van der Waals surface area contributed by atoms with E-state index in [2.05, 4.69) is 0 Å². The lowest BCUT2D eigenvalue weighted by atomic mass is 9.93. The molecule has 0 bridgehead atoms. The van der Waals surface area contributed by atoms with Gasteiger partial charge in [-0.05, 0) is 87.2 Å². The predicted octanol–water partition coefficient (Wildman–Crippen LogP) is 7.60. The van der Waals surface area contributed by atoms with Crippen LogP contribution in [0.5, 0.6) is 11.5 Å². The van der Waals surface area contributed by atoms with E-state index in [0.717, 1.165) is 63.5 Å². The lowest BCUT2D eigenvalue weighted by Gasteiger charge is -2.26. The molecule has 1 N–H and O–H groups in total. The van der Waals surface area contributed by atoms with Crippen molar-refractivity contribution in [1.29, 1.82) is 0 Å². The number of halogens is 6. The number of nitrogens with zero attached hydrogens (tertiary/aromatic N) is 4. The molecule has 0 saturated heterocycles. The van der Waals surface area contributed by atoms with Crippen molar-refractivity contribution in [2.45, 2.75) is 83.6 Å². The van der Waals surface area contributed by atoms with Crippen LogP contribution < -0.4 is 15.9 Å². The highest BCUT2D eigenvalue weighted by Crippen LogP contribution is 2.54. The second-order valence-electron chi connectivity index (χ2n) is 14.0. The van der Waals surface area contributed by atoms with Crippen LogP contribution in [0, 0.1) is 46.9 Å². The molecule has 49 heavy (non-hydrogen) atoms. The number of ether oxygens (including phenoxy) is 1. The lowest BCUT2D eigenvalue weighted by molar-refractivity contribution is 0.191. The molecule has 14 heteroatoms. The minimum atomic E-state index is -1.12. The Morgan fingerprint density at radius 2 is 1.37 bits per heavy atom. The average molecular weight is 722 g/mol. The van der Waals surface area contributed by atoms with Gasteiger partial charge in [-0.25, -0.2) is 26.9 Å². The van der Waals surface area contributed by atoms with Gasteiger partial charge < -0.3 is 9.84 Å². The Morgan fingerprint density at radius 1 is 0.735 bits per heavy atom. The van der Waals surface area contributed by atoms with Crippen LogP contribution >= 0.6 is 23.2 Å². The molecule has 8 rings (SSSR count). The fraction of sp³-hybridized carbons (Fsp3) is 0.486. The van der Waals surface area contributed by atoms with E-state index in [1.807, 2.05) is 0 Å². The van der Waals surface area contributed by atoms with Gasteiger partial charge in [-0.1, -0.05) is 23.2 Å². The maximum atomic E-state index is 15.0. The van der Waals surface area contributed by atoms with Gasteiger partial charge in [0.15, 0.2) is 23.1 Å². The van der Waals surface area contributed by atoms with E-state index in [4.69, 9.17) is 27.9 Å². The third-order valence-corrected chi connectivity index (χ3v) is 11.8. The summed E-state index contributed by atoms with van der Waals surface area (Å²) in [5.41, 5.74) is -1.26. The van der Waals surface area contributed by atoms with Gasteiger partial charge in [-0.2, -0.15) is 0 Å². The summed E-state index contributed by atoms with van der Waals surface area (Å²) in [7, 11) is 0. The van der Waals surface area contributed by atoms with Gasteiger partial charge in [0.1, 0.15) is 21.9 Å². The predicted molar refractivity (Wildman–Crippen MR) is 175 cm³/mol. The van der Waals surface area contributed by atoms with Crippen LogP contribution in [-0.4, -0.2) is 29.9 Å². The summed E-state index contributed by atoms with van der Waals surface area (Å²) < 4.78 is 70.6. The van der Waals surface area contributed by atoms with E-state index in [0.29, 0.717) is 50.0 Å². The topological polar surface area (TPSA) is 83.3 Å². The highest BCUT2D eigenvalue weighted by Gasteiger charge is 2.47. The Labute approximate surface area is 288 Å². The standard InChI is InChI=1S/C35H34Cl2F4N4O4/c36-32-31(34(47)44-7-2-1-6-42(32)44)23-13-29(27(41)15-25(23)39)49-20-4-3-18(10-20)21-11-19(21)9-17-5-8-43-33(37)30(35(48)45(43)16-17)22-12-28(46)26(40)14-24(22)38/h12-15,17-21,46H,1-11,16H2/t17?,18?,19?,20?,21-/m1/s1. The molecule has 4 unspecified atom stereocenters. The fourth-order valence-electron chi connectivity index (χ4n) is 8.51. The first-order valence-electron chi connectivity index (χ1n) is 16.8. The second kappa shape index (κ2) is 12.3. The number of hydrogen-bond acceptors (Lipinski definition) is 4. The third-order valence-electron chi connectivity index (χ3n) is 11.0. The number of fused-ring (bicyclic) bond motifs is 2. The summed E-state index contributed by atoms with van der Waals surface area (Å²) in [6, 6.07) is 3.45. The van der Waals surface area contributed by atoms with Crippen LogP contribution in [0.3, 0.4) is 0 Å². The summed E-state index contributed by atoms with van der Waals surface area (Å²) >= 11 is 13.0. The molecule has 2 aliphatic heterocycles. The van der Waals surface area contributed by atoms with Crippen molar-refractivity contribution < 1.29 is 27.4 Å². The van der Waals surface area contributed by atoms with Gasteiger partial charge >= 0.3 is 0 Å². The zero-order chi connectivity index (χ0) is 34.3. The van der Waals surface area contributed by atoms with Crippen LogP contribution in [0.4, 0.5) is 17.6 Å². The van der Waals surface area contributed by atoms with E-state index in [1.54, 1.807) is 9.36 Å². The van der Waals surface area contributed by atoms with Crippen molar-refractivity contribution in [3.8, 4) is 33.8 Å². The van der Waals surface area contributed by atoms with E-state index >= 15 is 4.39 Å². The lowest BCUT2D eigenvalue weighted by Crippen LogP contribution is -2.33. The van der Waals surface area contributed by atoms with Crippen LogP contribution in [0.15, 0.2) is 33.9 Å². The third kappa shape index (κ3) is 5.59. The normalized spacial score (nSPS) is 24.6. The maximum Gasteiger partial charge on any atom is 0.276 e. The largest absolute Gasteiger partial charge is 0.505 e. The molecule has 5 atom stereocenters. The Morgan fingerprint density at radius 3 is 2.08 bits per heavy atom. The first kappa shape index (κ1) is 32.6. The Hall–Kier alpha value is -3.64. The summed E-state index contributed by atoms with van der Waals surface area (Å²) in [6.07, 6.45) is 6.56. The van der Waals surface area contributed by atoms with Gasteiger partial charge in [0.05, 0.1) is 17.2 Å². The zero-order valence-electron chi connectivity index (χ0n) is 26.4. The number of aromatic nitrogens is 4. The zero-order valence-corrected chi connectivity index (χ0v) is 27.9. The minimum absolute atomic E-state index is 0.0219. The highest BCUT2D eigenvalue weighted by atomic mass is 35.5. The van der Waals surface area contributed by atoms with Gasteiger partial charge in [0.25, 0.3) is 11.1 Å². The molecule has 2 saturated carbocycles. The molecule has 4 aliphatic rings. The van der Waals surface area contributed by atoms with E-state index in [9.17, 15) is 27.9 Å². The SMILES string of the molecule is O=c1c(-c2cc(OC3CCC([C@H]4CC4CC4CCn5c(Cl)c(-c6cc(O)c(F)cc6F)c(=O)n5C4)C3)c(F)cc2F)c(Cl)n2n1CCCC2. The number of benzene rings is 2. The van der Waals surface area contributed by atoms with Gasteiger partial charge in [0, 0.05) is 49.4 Å². The first-order chi connectivity index (χ1) is 23.5. The molecule has 260 valence electrons. The van der Waals surface area contributed by atoms with Gasteiger partial charge in [0.2, 0.25) is 0 Å². The van der Waals surface area contributed by atoms with Crippen LogP contribution in [0.2, 0.25) is 10.3 Å². The molecular weight excluding hydrogens is 687 g/mol. The number of aromatic hydroxyl groups is 1. The number of phenols is 1. The smallest absolute Gasteiger partial charge is 0.276 e. The highest BCUT2D eigenvalue weighted by molar-refractivity contribution is 6.32. The molecule has 2 aliphatic carbocycles. The van der Waals surface area contributed by atoms with Crippen LogP contribution in [0.25, 0.3) is 22.3 Å². The van der Waals surface area contributed by atoms with Crippen molar-refractivity contribution in [3.05, 3.63) is 78.5 Å². The fourth-order valence-corrected chi connectivity index (χ4v) is 9.23.